The molecule has 2 amide bonds. The molecule has 0 atom stereocenters. The summed E-state index contributed by atoms with van der Waals surface area (Å²) in [4.78, 5) is 28.4. The van der Waals surface area contributed by atoms with Crippen LogP contribution < -0.4 is 10.6 Å². The Kier molecular flexibility index (Phi) is 7.95. The minimum Gasteiger partial charge on any atom is -0.355 e. The molecule has 4 aromatic rings. The highest BCUT2D eigenvalue weighted by molar-refractivity contribution is 6.02. The quantitative estimate of drug-likeness (QED) is 0.408. The van der Waals surface area contributed by atoms with E-state index in [4.69, 9.17) is 0 Å². The maximum atomic E-state index is 14.5. The number of carbonyl (C=O) groups is 2. The Labute approximate surface area is 221 Å². The SMILES string of the molecule is CNC(=O)c1ccc2c(-c3ccccc3)c(Cc3cccc(F)c3C)c(C(=O)N3CCNCC3)n2c1.Cl. The number of rotatable bonds is 5. The van der Waals surface area contributed by atoms with Gasteiger partial charge in [0.15, 0.2) is 0 Å². The molecule has 0 bridgehead atoms. The van der Waals surface area contributed by atoms with Crippen molar-refractivity contribution in [2.75, 3.05) is 33.2 Å². The summed E-state index contributed by atoms with van der Waals surface area (Å²) in [5.41, 5.74) is 5.90. The Morgan fingerprint density at radius 1 is 1.00 bits per heavy atom. The van der Waals surface area contributed by atoms with Gasteiger partial charge in [0.2, 0.25) is 0 Å². The zero-order valence-electron chi connectivity index (χ0n) is 20.9. The van der Waals surface area contributed by atoms with Gasteiger partial charge in [0.1, 0.15) is 11.5 Å². The standard InChI is InChI=1S/C29H29FN4O2.ClH/c1-19-21(9-6-10-24(19)30)17-23-26(20-7-4-3-5-8-20)25-12-11-22(28(35)31-2)18-34(25)27(23)29(36)33-15-13-32-14-16-33;/h3-12,18,32H,13-17H2,1-2H3,(H,31,35);1H. The Bertz CT molecular complexity index is 1450. The summed E-state index contributed by atoms with van der Waals surface area (Å²) in [6, 6.07) is 18.7. The van der Waals surface area contributed by atoms with Gasteiger partial charge < -0.3 is 19.9 Å². The number of benzene rings is 2. The van der Waals surface area contributed by atoms with Gasteiger partial charge in [0, 0.05) is 51.4 Å². The van der Waals surface area contributed by atoms with E-state index in [1.165, 1.54) is 6.07 Å². The van der Waals surface area contributed by atoms with E-state index in [9.17, 15) is 14.0 Å². The highest BCUT2D eigenvalue weighted by atomic mass is 35.5. The minimum absolute atomic E-state index is 0. The lowest BCUT2D eigenvalue weighted by Gasteiger charge is -2.28. The summed E-state index contributed by atoms with van der Waals surface area (Å²) in [5.74, 6) is -0.587. The molecule has 37 heavy (non-hydrogen) atoms. The number of halogens is 2. The highest BCUT2D eigenvalue weighted by Crippen LogP contribution is 2.36. The minimum atomic E-state index is -0.269. The van der Waals surface area contributed by atoms with Crippen LogP contribution in [0.25, 0.3) is 16.6 Å². The second kappa shape index (κ2) is 11.2. The lowest BCUT2D eigenvalue weighted by Crippen LogP contribution is -2.46. The first kappa shape index (κ1) is 26.4. The van der Waals surface area contributed by atoms with E-state index >= 15 is 0 Å². The van der Waals surface area contributed by atoms with E-state index in [-0.39, 0.29) is 30.0 Å². The van der Waals surface area contributed by atoms with Crippen LogP contribution in [0.5, 0.6) is 0 Å². The molecule has 1 fully saturated rings. The first-order valence-electron chi connectivity index (χ1n) is 12.2. The van der Waals surface area contributed by atoms with Crippen molar-refractivity contribution in [2.24, 2.45) is 0 Å². The molecule has 0 spiro atoms. The molecule has 6 nitrogen and oxygen atoms in total. The van der Waals surface area contributed by atoms with Crippen LogP contribution in [-0.2, 0) is 6.42 Å². The number of piperazine rings is 1. The van der Waals surface area contributed by atoms with Crippen molar-refractivity contribution in [1.82, 2.24) is 19.9 Å². The van der Waals surface area contributed by atoms with Crippen molar-refractivity contribution in [3.8, 4) is 11.1 Å². The lowest BCUT2D eigenvalue weighted by molar-refractivity contribution is 0.0727. The first-order valence-corrected chi connectivity index (χ1v) is 12.2. The zero-order chi connectivity index (χ0) is 25.2. The fourth-order valence-corrected chi connectivity index (χ4v) is 4.97. The van der Waals surface area contributed by atoms with Crippen LogP contribution >= 0.6 is 12.4 Å². The van der Waals surface area contributed by atoms with Crippen LogP contribution in [0.1, 0.15) is 37.5 Å². The van der Waals surface area contributed by atoms with E-state index in [1.807, 2.05) is 51.8 Å². The second-order valence-corrected chi connectivity index (χ2v) is 9.06. The monoisotopic (exact) mass is 520 g/mol. The lowest BCUT2D eigenvalue weighted by atomic mass is 9.93. The van der Waals surface area contributed by atoms with Crippen molar-refractivity contribution in [3.05, 3.63) is 101 Å². The number of nitrogens with zero attached hydrogens (tertiary/aromatic N) is 2. The van der Waals surface area contributed by atoms with Crippen molar-refractivity contribution < 1.29 is 14.0 Å². The van der Waals surface area contributed by atoms with Crippen LogP contribution in [0.2, 0.25) is 0 Å². The van der Waals surface area contributed by atoms with Gasteiger partial charge in [0.05, 0.1) is 11.1 Å². The second-order valence-electron chi connectivity index (χ2n) is 9.06. The molecule has 2 N–H and O–H groups in total. The van der Waals surface area contributed by atoms with Crippen molar-refractivity contribution >= 4 is 29.7 Å². The Balaban J connectivity index is 0.00000320. The van der Waals surface area contributed by atoms with E-state index < -0.39 is 0 Å². The van der Waals surface area contributed by atoms with E-state index in [0.717, 1.165) is 40.9 Å². The molecule has 1 aliphatic heterocycles. The van der Waals surface area contributed by atoms with Gasteiger partial charge in [-0.2, -0.15) is 0 Å². The molecule has 0 radical (unpaired) electrons. The number of hydrogen-bond donors (Lipinski definition) is 2. The number of fused-ring (bicyclic) bond motifs is 1. The van der Waals surface area contributed by atoms with Gasteiger partial charge in [-0.3, -0.25) is 9.59 Å². The zero-order valence-corrected chi connectivity index (χ0v) is 21.7. The molecule has 2 aromatic carbocycles. The topological polar surface area (TPSA) is 65.9 Å². The fraction of sp³-hybridized carbons (Fsp3) is 0.241. The third-order valence-electron chi connectivity index (χ3n) is 6.94. The van der Waals surface area contributed by atoms with Crippen LogP contribution in [-0.4, -0.2) is 54.3 Å². The maximum absolute atomic E-state index is 14.5. The number of nitrogens with one attached hydrogen (secondary N) is 2. The number of aromatic nitrogens is 1. The highest BCUT2D eigenvalue weighted by Gasteiger charge is 2.29. The third-order valence-corrected chi connectivity index (χ3v) is 6.94. The van der Waals surface area contributed by atoms with Gasteiger partial charge in [0.25, 0.3) is 11.8 Å². The van der Waals surface area contributed by atoms with E-state index in [2.05, 4.69) is 10.6 Å². The molecule has 5 rings (SSSR count). The number of hydrogen-bond acceptors (Lipinski definition) is 3. The summed E-state index contributed by atoms with van der Waals surface area (Å²) in [7, 11) is 1.59. The van der Waals surface area contributed by atoms with E-state index in [0.29, 0.717) is 36.3 Å². The molecule has 3 heterocycles. The van der Waals surface area contributed by atoms with Crippen molar-refractivity contribution in [1.29, 1.82) is 0 Å². The molecule has 0 saturated carbocycles. The predicted molar refractivity (Wildman–Crippen MR) is 146 cm³/mol. The molecule has 192 valence electrons. The molecular weight excluding hydrogens is 491 g/mol. The molecule has 2 aromatic heterocycles. The average molecular weight is 521 g/mol. The molecule has 0 aliphatic carbocycles. The summed E-state index contributed by atoms with van der Waals surface area (Å²) in [6.07, 6.45) is 2.12. The first-order chi connectivity index (χ1) is 17.5. The van der Waals surface area contributed by atoms with Crippen molar-refractivity contribution in [3.63, 3.8) is 0 Å². The number of carbonyl (C=O) groups excluding carboxylic acids is 2. The van der Waals surface area contributed by atoms with Gasteiger partial charge in [-0.15, -0.1) is 12.4 Å². The molecule has 8 heteroatoms. The summed E-state index contributed by atoms with van der Waals surface area (Å²) in [5, 5.41) is 5.96. The fourth-order valence-electron chi connectivity index (χ4n) is 4.97. The molecular formula is C29H30ClFN4O2. The van der Waals surface area contributed by atoms with Crippen LogP contribution in [0.15, 0.2) is 66.9 Å². The number of amides is 2. The summed E-state index contributed by atoms with van der Waals surface area (Å²) in [6.45, 7) is 4.41. The van der Waals surface area contributed by atoms with Gasteiger partial charge in [-0.25, -0.2) is 4.39 Å². The molecule has 0 unspecified atom stereocenters. The Hall–Kier alpha value is -3.68. The normalized spacial score (nSPS) is 13.3. The Morgan fingerprint density at radius 2 is 1.73 bits per heavy atom. The Morgan fingerprint density at radius 3 is 2.43 bits per heavy atom. The molecule has 1 saturated heterocycles. The largest absolute Gasteiger partial charge is 0.355 e. The van der Waals surface area contributed by atoms with Crippen molar-refractivity contribution in [2.45, 2.75) is 13.3 Å². The van der Waals surface area contributed by atoms with E-state index in [1.54, 1.807) is 32.3 Å². The van der Waals surface area contributed by atoms with Crippen LogP contribution in [0.3, 0.4) is 0 Å². The summed E-state index contributed by atoms with van der Waals surface area (Å²) >= 11 is 0. The maximum Gasteiger partial charge on any atom is 0.271 e. The van der Waals surface area contributed by atoms with Crippen LogP contribution in [0.4, 0.5) is 4.39 Å². The average Bonchev–Trinajstić information content (AvgIpc) is 3.24. The summed E-state index contributed by atoms with van der Waals surface area (Å²) < 4.78 is 16.4. The predicted octanol–water partition coefficient (Wildman–Crippen LogP) is 4.47. The molecule has 1 aliphatic rings. The number of pyridine rings is 1. The van der Waals surface area contributed by atoms with Crippen LogP contribution in [0, 0.1) is 12.7 Å². The smallest absolute Gasteiger partial charge is 0.271 e. The van der Waals surface area contributed by atoms with Gasteiger partial charge in [-0.05, 0) is 47.4 Å². The van der Waals surface area contributed by atoms with Gasteiger partial charge in [-0.1, -0.05) is 42.5 Å². The van der Waals surface area contributed by atoms with Gasteiger partial charge >= 0.3 is 0 Å². The third kappa shape index (κ3) is 4.97.